The summed E-state index contributed by atoms with van der Waals surface area (Å²) in [5.74, 6) is -3.05. The fourth-order valence-corrected chi connectivity index (χ4v) is 15.6. The summed E-state index contributed by atoms with van der Waals surface area (Å²) in [5, 5.41) is 32.9. The Morgan fingerprint density at radius 1 is 0.811 bits per heavy atom. The van der Waals surface area contributed by atoms with E-state index in [0.717, 1.165) is 36.6 Å². The number of phosphoric acid groups is 1. The van der Waals surface area contributed by atoms with Crippen LogP contribution >= 0.6 is 30.6 Å². The molecule has 35 nitrogen and oxygen atoms in total. The van der Waals surface area contributed by atoms with E-state index in [-0.39, 0.29) is 47.1 Å². The van der Waals surface area contributed by atoms with E-state index in [1.165, 1.54) is 34.2 Å². The predicted molar refractivity (Wildman–Crippen MR) is 242 cm³/mol. The van der Waals surface area contributed by atoms with Crippen LogP contribution in [0, 0.1) is 5.92 Å². The number of nitrogens with zero attached hydrogens (tertiary/aromatic N) is 8. The number of aromatic nitrogens is 10. The van der Waals surface area contributed by atoms with Crippen LogP contribution in [-0.4, -0.2) is 169 Å². The first kappa shape index (κ1) is 55.7. The van der Waals surface area contributed by atoms with E-state index in [2.05, 4.69) is 29.2 Å². The Morgan fingerprint density at radius 3 is 2.19 bits per heavy atom. The van der Waals surface area contributed by atoms with Crippen molar-refractivity contribution in [3.63, 3.8) is 0 Å². The van der Waals surface area contributed by atoms with Crippen LogP contribution in [0.15, 0.2) is 45.6 Å². The summed E-state index contributed by atoms with van der Waals surface area (Å²) in [6.45, 7) is -3.08. The Morgan fingerprint density at radius 2 is 1.49 bits per heavy atom. The van der Waals surface area contributed by atoms with Crippen LogP contribution in [0.4, 0.5) is 11.8 Å². The number of imidazole rings is 2. The zero-order valence-electron chi connectivity index (χ0n) is 38.7. The average molecular weight is 1130 g/mol. The van der Waals surface area contributed by atoms with Gasteiger partial charge in [-0.15, -0.1) is 0 Å². The first-order valence-corrected chi connectivity index (χ1v) is 28.3. The third-order valence-electron chi connectivity index (χ3n) is 12.2. The fourth-order valence-electron chi connectivity index (χ4n) is 8.85. The molecule has 3 saturated heterocycles. The van der Waals surface area contributed by atoms with Crippen molar-refractivity contribution in [2.75, 3.05) is 58.0 Å². The molecule has 3 aliphatic heterocycles. The summed E-state index contributed by atoms with van der Waals surface area (Å²) in [6.07, 6.45) is -11.4. The number of anilines is 2. The molecule has 3 aliphatic rings. The highest BCUT2D eigenvalue weighted by Gasteiger charge is 2.55. The summed E-state index contributed by atoms with van der Waals surface area (Å²) in [7, 11) is -18.4. The van der Waals surface area contributed by atoms with Crippen molar-refractivity contribution in [2.45, 2.75) is 73.5 Å². The molecule has 0 radical (unpaired) electrons. The largest absolute Gasteiger partial charge is 0.778 e. The molecule has 5 aromatic heterocycles. The Hall–Kier alpha value is -4.54. The molecule has 0 bridgehead atoms. The van der Waals surface area contributed by atoms with Gasteiger partial charge in [0.1, 0.15) is 50.0 Å². The number of aromatic amines is 2. The molecule has 8 rings (SSSR count). The standard InChI is InChI=1S/C35H50N12O23P4/c1-44-13-47(29-21(44)30(52)43-34(37)42-29)31-22(49)15(5-7-62-2)16(67-31)8-64-71(54,55)14-72(56,57)70-74(60,61)66-10-18-26(25(63-3)33(69-18)46-12-40-20-27(36)38-11-39-28(20)46)73(58,59)65-9-17-23(50)24(51)32(68-17)45-6-4-19(48)41-35(45)53/h4,6,11-13,15-18,22-26,31-33,49-51H,5,7-10,14H2,1-3H3,(H9-,36,37,38,39,41,42,43,48,52,53,54,55,56,57,58,59,60,61)/t15-,16-,17-,18-,22-,23-,24-,25-,26-,31?,32-,33-/m1/s1. The van der Waals surface area contributed by atoms with Gasteiger partial charge in [0.25, 0.3) is 16.7 Å². The second-order valence-electron chi connectivity index (χ2n) is 17.1. The maximum atomic E-state index is 14.2. The molecule has 12 N–H and O–H groups in total. The van der Waals surface area contributed by atoms with Crippen LogP contribution in [0.5, 0.6) is 0 Å². The van der Waals surface area contributed by atoms with Crippen molar-refractivity contribution in [3.05, 3.63) is 62.4 Å². The number of methoxy groups -OCH3 is 2. The van der Waals surface area contributed by atoms with E-state index in [4.69, 9.17) is 48.7 Å². The zero-order valence-corrected chi connectivity index (χ0v) is 42.3. The number of H-pyrrole nitrogens is 2. The normalized spacial score (nSPS) is 30.6. The van der Waals surface area contributed by atoms with E-state index in [1.807, 2.05) is 4.98 Å². The molecule has 0 amide bonds. The van der Waals surface area contributed by atoms with Gasteiger partial charge in [0.15, 0.2) is 29.8 Å². The first-order valence-electron chi connectivity index (χ1n) is 21.7. The number of ether oxygens (including phenoxy) is 5. The number of nitrogen functional groups attached to an aromatic ring is 2. The third kappa shape index (κ3) is 11.4. The van der Waals surface area contributed by atoms with Gasteiger partial charge in [-0.25, -0.2) is 33.2 Å². The van der Waals surface area contributed by atoms with Crippen molar-refractivity contribution in [1.82, 2.24) is 43.6 Å². The lowest BCUT2D eigenvalue weighted by molar-refractivity contribution is -0.646. The van der Waals surface area contributed by atoms with E-state index in [1.54, 1.807) is 0 Å². The van der Waals surface area contributed by atoms with Crippen molar-refractivity contribution in [3.8, 4) is 0 Å². The molecule has 74 heavy (non-hydrogen) atoms. The van der Waals surface area contributed by atoms with Crippen LogP contribution in [0.3, 0.4) is 0 Å². The zero-order chi connectivity index (χ0) is 53.8. The number of rotatable bonds is 21. The van der Waals surface area contributed by atoms with Crippen molar-refractivity contribution >= 4 is 64.7 Å². The molecule has 39 heteroatoms. The molecule has 0 saturated carbocycles. The van der Waals surface area contributed by atoms with Crippen LogP contribution in [-0.2, 0) is 66.9 Å². The molecule has 5 aromatic rings. The van der Waals surface area contributed by atoms with Gasteiger partial charge in [-0.3, -0.25) is 42.3 Å². The minimum Gasteiger partial charge on any atom is -0.778 e. The van der Waals surface area contributed by atoms with Gasteiger partial charge in [0, 0.05) is 39.0 Å². The monoisotopic (exact) mass is 1130 g/mol. The molecular weight excluding hydrogens is 1080 g/mol. The van der Waals surface area contributed by atoms with Crippen molar-refractivity contribution < 1.29 is 99.3 Å². The Balaban J connectivity index is 0.959. The second kappa shape index (κ2) is 21.5. The Labute approximate surface area is 413 Å². The Bertz CT molecular complexity index is 3260. The highest BCUT2D eigenvalue weighted by atomic mass is 31.3. The van der Waals surface area contributed by atoms with E-state index in [9.17, 15) is 67.5 Å². The maximum absolute atomic E-state index is 14.2. The first-order chi connectivity index (χ1) is 34.7. The summed E-state index contributed by atoms with van der Waals surface area (Å²) >= 11 is 0. The van der Waals surface area contributed by atoms with E-state index in [0.29, 0.717) is 0 Å². The number of aryl methyl sites for hydroxylation is 1. The predicted octanol–water partition coefficient (Wildman–Crippen LogP) is -4.04. The molecular formula is C35H50N12O23P4. The summed E-state index contributed by atoms with van der Waals surface area (Å²) in [5.41, 5.74) is 7.32. The highest BCUT2D eigenvalue weighted by molar-refractivity contribution is 7.74. The maximum Gasteiger partial charge on any atom is 0.479 e. The minimum atomic E-state index is -5.87. The number of phosphoric ester groups is 1. The number of hydrogen-bond acceptors (Lipinski definition) is 26. The van der Waals surface area contributed by atoms with Crippen molar-refractivity contribution in [2.24, 2.45) is 13.0 Å². The number of hydrogen-bond donors (Lipinski definition) is 10. The van der Waals surface area contributed by atoms with Gasteiger partial charge in [0.2, 0.25) is 18.5 Å². The molecule has 8 heterocycles. The van der Waals surface area contributed by atoms with Gasteiger partial charge in [-0.1, -0.05) is 0 Å². The van der Waals surface area contributed by atoms with Crippen molar-refractivity contribution in [1.29, 1.82) is 0 Å². The molecule has 0 aromatic carbocycles. The molecule has 0 spiro atoms. The van der Waals surface area contributed by atoms with Gasteiger partial charge in [-0.05, 0) is 6.42 Å². The number of fused-ring (bicyclic) bond motifs is 2. The summed E-state index contributed by atoms with van der Waals surface area (Å²) in [4.78, 5) is 104. The average Bonchev–Trinajstić information content (AvgIpc) is 4.12. The lowest BCUT2D eigenvalue weighted by Crippen LogP contribution is -2.40. The molecule has 408 valence electrons. The molecule has 5 unspecified atom stereocenters. The fraction of sp³-hybridized carbons (Fsp3) is 0.600. The van der Waals surface area contributed by atoms with E-state index < -0.39 is 146 Å². The summed E-state index contributed by atoms with van der Waals surface area (Å²) < 4.78 is 107. The smallest absolute Gasteiger partial charge is 0.479 e. The number of aliphatic hydroxyl groups is 3. The van der Waals surface area contributed by atoms with Gasteiger partial charge >= 0.3 is 34.3 Å². The van der Waals surface area contributed by atoms with Gasteiger partial charge in [-0.2, -0.15) is 9.55 Å². The lowest BCUT2D eigenvalue weighted by atomic mass is 9.95. The number of nitrogens with two attached hydrogens (primary N) is 2. The molecule has 0 aliphatic carbocycles. The Kier molecular flexibility index (Phi) is 16.2. The number of aliphatic hydroxyl groups excluding tert-OH is 3. The van der Waals surface area contributed by atoms with Gasteiger partial charge < -0.3 is 83.7 Å². The minimum absolute atomic E-state index is 0.00930. The number of nitrogens with one attached hydrogen (secondary N) is 2. The summed E-state index contributed by atoms with van der Waals surface area (Å²) in [6, 6.07) is 0.925. The molecule has 16 atom stereocenters. The lowest BCUT2D eigenvalue weighted by Gasteiger charge is -2.35. The van der Waals surface area contributed by atoms with Crippen LogP contribution in [0.2, 0.25) is 0 Å². The van der Waals surface area contributed by atoms with E-state index >= 15 is 0 Å². The third-order valence-corrected chi connectivity index (χ3v) is 19.8. The highest BCUT2D eigenvalue weighted by Crippen LogP contribution is 2.67. The van der Waals surface area contributed by atoms with Crippen LogP contribution < -0.4 is 37.7 Å². The van der Waals surface area contributed by atoms with Crippen LogP contribution in [0.1, 0.15) is 25.1 Å². The topological polar surface area (TPSA) is 501 Å². The second-order valence-corrected chi connectivity index (χ2v) is 24.8. The van der Waals surface area contributed by atoms with Gasteiger partial charge in [0.05, 0.1) is 51.1 Å². The molecule has 3 fully saturated rings. The SMILES string of the molecule is COCC[C@@H]1[C@@H](COP(=O)(O)CP(=O)(O)OP(=O)(O)OC[C@H]2O[C@@H](n3cnc4c(N)ncnc43)[C@H](OC)[C@@H]2P(=O)([O-])OC[C@H]2O[C@@H](n3ccc(=O)[nH]c3=O)[C@H](O)[C@@H]2O)OC(n2c[n+](C)c3c(=O)[nH]c(N)nc32)[C@@H]1O. The quantitative estimate of drug-likeness (QED) is 0.0247. The van der Waals surface area contributed by atoms with Crippen LogP contribution in [0.25, 0.3) is 22.3 Å².